The van der Waals surface area contributed by atoms with Gasteiger partial charge >= 0.3 is 0 Å². The normalized spacial score (nSPS) is 10.7. The lowest BCUT2D eigenvalue weighted by molar-refractivity contribution is 0.150. The van der Waals surface area contributed by atoms with E-state index in [1.54, 1.807) is 0 Å². The van der Waals surface area contributed by atoms with E-state index < -0.39 is 22.6 Å². The molecule has 66 valence electrons. The number of aromatic amines is 1. The average Bonchev–Trinajstić information content (AvgIpc) is 1.82. The van der Waals surface area contributed by atoms with Crippen LogP contribution < -0.4 is 11.2 Å². The molecule has 0 saturated heterocycles. The molecule has 1 heterocycles. The van der Waals surface area contributed by atoms with Gasteiger partial charge in [-0.3, -0.25) is 4.79 Å². The molecular weight excluding hydrogens is 190 g/mol. The minimum Gasteiger partial charge on any atom is -0.385 e. The summed E-state index contributed by atoms with van der Waals surface area (Å²) < 4.78 is 24.2. The van der Waals surface area contributed by atoms with E-state index in [9.17, 15) is 13.6 Å². The summed E-state index contributed by atoms with van der Waals surface area (Å²) in [6.45, 7) is 0. The summed E-state index contributed by atoms with van der Waals surface area (Å²) in [4.78, 5) is 13.1. The molecule has 0 spiro atoms. The van der Waals surface area contributed by atoms with Crippen LogP contribution >= 0.6 is 11.6 Å². The Balaban J connectivity index is 3.39. The number of aromatic nitrogens is 1. The standard InChI is InChI=1S/C6H5ClF2N2O/c7-5-4(6(8)9)2(12)1-3(10)11-5/h1,6H,(H3,10,11,12). The minimum atomic E-state index is -2.89. The zero-order valence-corrected chi connectivity index (χ0v) is 6.53. The Morgan fingerprint density at radius 3 is 2.58 bits per heavy atom. The maximum atomic E-state index is 12.1. The highest BCUT2D eigenvalue weighted by Crippen LogP contribution is 2.22. The van der Waals surface area contributed by atoms with Gasteiger partial charge in [0.25, 0.3) is 6.43 Å². The van der Waals surface area contributed by atoms with E-state index in [4.69, 9.17) is 17.3 Å². The van der Waals surface area contributed by atoms with Crippen LogP contribution in [0, 0.1) is 0 Å². The van der Waals surface area contributed by atoms with Gasteiger partial charge in [0, 0.05) is 6.07 Å². The number of H-pyrrole nitrogens is 1. The number of nitrogens with one attached hydrogen (secondary N) is 1. The Morgan fingerprint density at radius 1 is 1.58 bits per heavy atom. The van der Waals surface area contributed by atoms with E-state index in [1.807, 2.05) is 0 Å². The molecule has 0 saturated carbocycles. The van der Waals surface area contributed by atoms with Gasteiger partial charge in [-0.2, -0.15) is 0 Å². The quantitative estimate of drug-likeness (QED) is 0.667. The maximum absolute atomic E-state index is 12.1. The zero-order valence-electron chi connectivity index (χ0n) is 5.77. The molecule has 0 amide bonds. The van der Waals surface area contributed by atoms with Crippen molar-refractivity contribution in [3.63, 3.8) is 0 Å². The van der Waals surface area contributed by atoms with Gasteiger partial charge in [0.1, 0.15) is 16.5 Å². The lowest BCUT2D eigenvalue weighted by Crippen LogP contribution is -2.11. The molecule has 0 bridgehead atoms. The highest BCUT2D eigenvalue weighted by Gasteiger charge is 2.16. The Bertz CT molecular complexity index is 350. The third-order valence-corrected chi connectivity index (χ3v) is 1.56. The predicted octanol–water partition coefficient (Wildman–Crippen LogP) is 1.55. The number of pyridine rings is 1. The number of anilines is 1. The van der Waals surface area contributed by atoms with Gasteiger partial charge in [0.05, 0.1) is 0 Å². The van der Waals surface area contributed by atoms with Gasteiger partial charge in [-0.1, -0.05) is 11.6 Å². The molecule has 0 radical (unpaired) electrons. The molecule has 3 N–H and O–H groups in total. The lowest BCUT2D eigenvalue weighted by Gasteiger charge is -2.02. The molecule has 0 fully saturated rings. The van der Waals surface area contributed by atoms with E-state index >= 15 is 0 Å². The fourth-order valence-corrected chi connectivity index (χ4v) is 1.05. The molecule has 0 unspecified atom stereocenters. The van der Waals surface area contributed by atoms with Crippen LogP contribution in [0.1, 0.15) is 12.0 Å². The number of halogens is 3. The van der Waals surface area contributed by atoms with Crippen molar-refractivity contribution in [1.82, 2.24) is 4.98 Å². The van der Waals surface area contributed by atoms with E-state index in [0.717, 1.165) is 6.07 Å². The minimum absolute atomic E-state index is 0.0330. The Kier molecular flexibility index (Phi) is 2.32. The van der Waals surface area contributed by atoms with E-state index in [0.29, 0.717) is 0 Å². The van der Waals surface area contributed by atoms with Crippen LogP contribution in [0.5, 0.6) is 0 Å². The van der Waals surface area contributed by atoms with E-state index in [2.05, 4.69) is 4.98 Å². The molecule has 6 heteroatoms. The van der Waals surface area contributed by atoms with Gasteiger partial charge in [0.2, 0.25) is 0 Å². The monoisotopic (exact) mass is 194 g/mol. The molecule has 3 nitrogen and oxygen atoms in total. The summed E-state index contributed by atoms with van der Waals surface area (Å²) >= 11 is 5.31. The largest absolute Gasteiger partial charge is 0.385 e. The van der Waals surface area contributed by atoms with Gasteiger partial charge in [-0.05, 0) is 0 Å². The fourth-order valence-electron chi connectivity index (χ4n) is 0.761. The van der Waals surface area contributed by atoms with Crippen molar-refractivity contribution in [2.24, 2.45) is 0 Å². The van der Waals surface area contributed by atoms with Gasteiger partial charge in [-0.25, -0.2) is 8.78 Å². The van der Waals surface area contributed by atoms with Crippen LogP contribution in [-0.4, -0.2) is 4.98 Å². The van der Waals surface area contributed by atoms with Crippen molar-refractivity contribution in [1.29, 1.82) is 0 Å². The van der Waals surface area contributed by atoms with Crippen molar-refractivity contribution in [2.75, 3.05) is 5.73 Å². The first-order chi connectivity index (χ1) is 5.52. The number of nitrogens with two attached hydrogens (primary N) is 1. The predicted molar refractivity (Wildman–Crippen MR) is 41.4 cm³/mol. The summed E-state index contributed by atoms with van der Waals surface area (Å²) in [7, 11) is 0. The number of rotatable bonds is 1. The highest BCUT2D eigenvalue weighted by atomic mass is 35.5. The second-order valence-electron chi connectivity index (χ2n) is 2.12. The molecule has 12 heavy (non-hydrogen) atoms. The maximum Gasteiger partial charge on any atom is 0.270 e. The van der Waals surface area contributed by atoms with Crippen molar-refractivity contribution in [3.8, 4) is 0 Å². The summed E-state index contributed by atoms with van der Waals surface area (Å²) in [5.41, 5.74) is 3.54. The van der Waals surface area contributed by atoms with Gasteiger partial charge in [-0.15, -0.1) is 0 Å². The van der Waals surface area contributed by atoms with Crippen LogP contribution in [0.2, 0.25) is 5.15 Å². The summed E-state index contributed by atoms with van der Waals surface area (Å²) in [5.74, 6) is -0.0330. The lowest BCUT2D eigenvalue weighted by atomic mass is 10.3. The van der Waals surface area contributed by atoms with Crippen molar-refractivity contribution in [3.05, 3.63) is 27.0 Å². The summed E-state index contributed by atoms with van der Waals surface area (Å²) in [5, 5.41) is -0.407. The third-order valence-electron chi connectivity index (χ3n) is 1.26. The average molecular weight is 195 g/mol. The first kappa shape index (κ1) is 8.99. The van der Waals surface area contributed by atoms with Crippen molar-refractivity contribution >= 4 is 17.4 Å². The van der Waals surface area contributed by atoms with E-state index in [-0.39, 0.29) is 5.82 Å². The second kappa shape index (κ2) is 3.10. The summed E-state index contributed by atoms with van der Waals surface area (Å²) in [6, 6.07) is 0.868. The molecule has 0 aliphatic rings. The van der Waals surface area contributed by atoms with Gasteiger partial charge < -0.3 is 10.7 Å². The molecule has 0 aliphatic heterocycles. The molecule has 0 aromatic carbocycles. The van der Waals surface area contributed by atoms with E-state index in [1.165, 1.54) is 0 Å². The second-order valence-corrected chi connectivity index (χ2v) is 2.50. The Labute approximate surface area is 71.2 Å². The summed E-state index contributed by atoms with van der Waals surface area (Å²) in [6.07, 6.45) is -2.89. The molecule has 1 rings (SSSR count). The molecule has 0 atom stereocenters. The van der Waals surface area contributed by atoms with Crippen LogP contribution in [0.25, 0.3) is 0 Å². The SMILES string of the molecule is Nc1cc(=O)c(C(F)F)c(Cl)[nH]1. The van der Waals surface area contributed by atoms with Crippen molar-refractivity contribution < 1.29 is 8.78 Å². The third kappa shape index (κ3) is 1.55. The van der Waals surface area contributed by atoms with Crippen LogP contribution in [0.3, 0.4) is 0 Å². The first-order valence-corrected chi connectivity index (χ1v) is 3.36. The van der Waals surface area contributed by atoms with Gasteiger partial charge in [0.15, 0.2) is 5.43 Å². The Hall–Kier alpha value is -1.10. The zero-order chi connectivity index (χ0) is 9.30. The smallest absolute Gasteiger partial charge is 0.270 e. The molecule has 1 aromatic heterocycles. The van der Waals surface area contributed by atoms with Crippen LogP contribution in [0.15, 0.2) is 10.9 Å². The number of hydrogen-bond donors (Lipinski definition) is 2. The van der Waals surface area contributed by atoms with Crippen LogP contribution in [-0.2, 0) is 0 Å². The number of hydrogen-bond acceptors (Lipinski definition) is 2. The topological polar surface area (TPSA) is 58.9 Å². The van der Waals surface area contributed by atoms with Crippen LogP contribution in [0.4, 0.5) is 14.6 Å². The fraction of sp³-hybridized carbons (Fsp3) is 0.167. The molecule has 0 aliphatic carbocycles. The highest BCUT2D eigenvalue weighted by molar-refractivity contribution is 6.30. The molecule has 1 aromatic rings. The van der Waals surface area contributed by atoms with Crippen molar-refractivity contribution in [2.45, 2.75) is 6.43 Å². The molecular formula is C6H5ClF2N2O. The number of nitrogen functional groups attached to an aromatic ring is 1. The Morgan fingerprint density at radius 2 is 2.17 bits per heavy atom. The first-order valence-electron chi connectivity index (χ1n) is 2.98. The number of alkyl halides is 2.